The Morgan fingerprint density at radius 1 is 1.26 bits per heavy atom. The summed E-state index contributed by atoms with van der Waals surface area (Å²) in [4.78, 5) is 12.1. The summed E-state index contributed by atoms with van der Waals surface area (Å²) in [6.07, 6.45) is 0.701. The molecule has 2 aromatic rings. The lowest BCUT2D eigenvalue weighted by molar-refractivity contribution is 0.0955. The van der Waals surface area contributed by atoms with Crippen LogP contribution in [-0.2, 0) is 0 Å². The van der Waals surface area contributed by atoms with E-state index >= 15 is 0 Å². The Morgan fingerprint density at radius 2 is 1.95 bits per heavy atom. The maximum absolute atomic E-state index is 13.6. The van der Waals surface area contributed by atoms with Crippen LogP contribution < -0.4 is 5.32 Å². The number of halogens is 2. The molecule has 1 atom stereocenters. The van der Waals surface area contributed by atoms with Crippen LogP contribution in [-0.4, -0.2) is 17.8 Å². The largest absolute Gasteiger partial charge is 0.352 e. The van der Waals surface area contributed by atoms with E-state index in [1.54, 1.807) is 24.3 Å². The van der Waals surface area contributed by atoms with Crippen molar-refractivity contribution in [3.05, 3.63) is 47.8 Å². The van der Waals surface area contributed by atoms with E-state index in [0.29, 0.717) is 29.3 Å². The molecule has 0 aliphatic carbocycles. The number of rotatable bonds is 4. The summed E-state index contributed by atoms with van der Waals surface area (Å²) in [5.74, 6) is -0.518. The monoisotopic (exact) mass is 279 g/mol. The number of alkyl halides is 1. The molecule has 0 bridgehead atoms. The number of hydrogen-bond donors (Lipinski definition) is 1. The van der Waals surface area contributed by atoms with Crippen LogP contribution in [0.4, 0.5) is 4.39 Å². The molecule has 0 aromatic heterocycles. The average molecular weight is 280 g/mol. The third-order valence-corrected chi connectivity index (χ3v) is 3.16. The van der Waals surface area contributed by atoms with Crippen molar-refractivity contribution in [1.29, 1.82) is 0 Å². The van der Waals surface area contributed by atoms with Crippen molar-refractivity contribution in [2.75, 3.05) is 6.54 Å². The molecule has 2 rings (SSSR count). The van der Waals surface area contributed by atoms with Crippen LogP contribution in [0.25, 0.3) is 10.8 Å². The fraction of sp³-hybridized carbons (Fsp3) is 0.267. The number of amides is 1. The fourth-order valence-corrected chi connectivity index (χ4v) is 2.05. The van der Waals surface area contributed by atoms with Gasteiger partial charge in [-0.3, -0.25) is 4.79 Å². The SMILES string of the molecule is CC(Cl)CCNC(=O)c1ccc(F)c2ccccc12. The van der Waals surface area contributed by atoms with Gasteiger partial charge in [-0.05, 0) is 30.9 Å². The highest BCUT2D eigenvalue weighted by Crippen LogP contribution is 2.21. The van der Waals surface area contributed by atoms with Gasteiger partial charge in [0.25, 0.3) is 5.91 Å². The zero-order valence-electron chi connectivity index (χ0n) is 10.6. The van der Waals surface area contributed by atoms with Gasteiger partial charge in [0.1, 0.15) is 5.82 Å². The quantitative estimate of drug-likeness (QED) is 0.849. The highest BCUT2D eigenvalue weighted by molar-refractivity contribution is 6.20. The van der Waals surface area contributed by atoms with Crippen molar-refractivity contribution in [2.45, 2.75) is 18.7 Å². The molecule has 0 saturated carbocycles. The summed E-state index contributed by atoms with van der Waals surface area (Å²) in [5.41, 5.74) is 0.485. The molecule has 0 fully saturated rings. The molecule has 2 aromatic carbocycles. The van der Waals surface area contributed by atoms with Crippen LogP contribution >= 0.6 is 11.6 Å². The molecule has 0 spiro atoms. The summed E-state index contributed by atoms with van der Waals surface area (Å²) in [7, 11) is 0. The van der Waals surface area contributed by atoms with Gasteiger partial charge in [0.05, 0.1) is 0 Å². The lowest BCUT2D eigenvalue weighted by Crippen LogP contribution is -2.26. The number of carbonyl (C=O) groups is 1. The molecular weight excluding hydrogens is 265 g/mol. The van der Waals surface area contributed by atoms with Gasteiger partial charge in [-0.15, -0.1) is 11.6 Å². The van der Waals surface area contributed by atoms with E-state index in [9.17, 15) is 9.18 Å². The molecule has 1 amide bonds. The number of nitrogens with one attached hydrogen (secondary N) is 1. The number of hydrogen-bond acceptors (Lipinski definition) is 1. The summed E-state index contributed by atoms with van der Waals surface area (Å²) in [5, 5.41) is 3.90. The second kappa shape index (κ2) is 6.02. The van der Waals surface area contributed by atoms with Gasteiger partial charge in [-0.25, -0.2) is 4.39 Å². The van der Waals surface area contributed by atoms with Crippen LogP contribution in [0.1, 0.15) is 23.7 Å². The van der Waals surface area contributed by atoms with E-state index in [1.807, 2.05) is 6.92 Å². The molecule has 1 N–H and O–H groups in total. The smallest absolute Gasteiger partial charge is 0.251 e. The van der Waals surface area contributed by atoms with Crippen LogP contribution in [0.15, 0.2) is 36.4 Å². The van der Waals surface area contributed by atoms with Gasteiger partial charge in [0.2, 0.25) is 0 Å². The highest BCUT2D eigenvalue weighted by atomic mass is 35.5. The predicted octanol–water partition coefficient (Wildman–Crippen LogP) is 3.73. The van der Waals surface area contributed by atoms with E-state index in [0.717, 1.165) is 0 Å². The fourth-order valence-electron chi connectivity index (χ4n) is 1.94. The molecule has 0 radical (unpaired) electrons. The van der Waals surface area contributed by atoms with Gasteiger partial charge in [0, 0.05) is 22.9 Å². The highest BCUT2D eigenvalue weighted by Gasteiger charge is 2.11. The molecule has 19 heavy (non-hydrogen) atoms. The molecule has 0 aliphatic rings. The summed E-state index contributed by atoms with van der Waals surface area (Å²) >= 11 is 5.82. The molecule has 0 heterocycles. The zero-order valence-corrected chi connectivity index (χ0v) is 11.4. The van der Waals surface area contributed by atoms with Crippen molar-refractivity contribution in [1.82, 2.24) is 5.32 Å². The Labute approximate surface area is 116 Å². The minimum absolute atomic E-state index is 0.0188. The molecular formula is C15H15ClFNO. The first-order valence-electron chi connectivity index (χ1n) is 6.19. The topological polar surface area (TPSA) is 29.1 Å². The Kier molecular flexibility index (Phi) is 4.38. The van der Waals surface area contributed by atoms with Crippen LogP contribution in [0.2, 0.25) is 0 Å². The van der Waals surface area contributed by atoms with E-state index < -0.39 is 0 Å². The lowest BCUT2D eigenvalue weighted by Gasteiger charge is -2.09. The predicted molar refractivity (Wildman–Crippen MR) is 76.2 cm³/mol. The first-order chi connectivity index (χ1) is 9.09. The summed E-state index contributed by atoms with van der Waals surface area (Å²) in [6.45, 7) is 2.39. The molecule has 0 aliphatic heterocycles. The maximum atomic E-state index is 13.6. The van der Waals surface area contributed by atoms with Gasteiger partial charge in [-0.1, -0.05) is 24.3 Å². The minimum Gasteiger partial charge on any atom is -0.352 e. The molecule has 2 nitrogen and oxygen atoms in total. The molecule has 100 valence electrons. The van der Waals surface area contributed by atoms with Crippen molar-refractivity contribution in [3.63, 3.8) is 0 Å². The normalized spacial score (nSPS) is 12.4. The van der Waals surface area contributed by atoms with Crippen LogP contribution in [0.3, 0.4) is 0 Å². The third-order valence-electron chi connectivity index (χ3n) is 2.94. The Balaban J connectivity index is 2.25. The van der Waals surface area contributed by atoms with E-state index in [4.69, 9.17) is 11.6 Å². The zero-order chi connectivity index (χ0) is 13.8. The van der Waals surface area contributed by atoms with E-state index in [2.05, 4.69) is 5.32 Å². The van der Waals surface area contributed by atoms with Crippen molar-refractivity contribution in [2.24, 2.45) is 0 Å². The van der Waals surface area contributed by atoms with Crippen molar-refractivity contribution >= 4 is 28.3 Å². The van der Waals surface area contributed by atoms with Crippen molar-refractivity contribution < 1.29 is 9.18 Å². The first-order valence-corrected chi connectivity index (χ1v) is 6.62. The molecule has 4 heteroatoms. The van der Waals surface area contributed by atoms with E-state index in [1.165, 1.54) is 12.1 Å². The number of carbonyl (C=O) groups excluding carboxylic acids is 1. The maximum Gasteiger partial charge on any atom is 0.251 e. The lowest BCUT2D eigenvalue weighted by atomic mass is 10.0. The second-order valence-corrected chi connectivity index (χ2v) is 5.21. The minimum atomic E-state index is -0.318. The molecule has 0 saturated heterocycles. The number of benzene rings is 2. The second-order valence-electron chi connectivity index (χ2n) is 4.47. The summed E-state index contributed by atoms with van der Waals surface area (Å²) in [6, 6.07) is 9.79. The summed E-state index contributed by atoms with van der Waals surface area (Å²) < 4.78 is 13.6. The third kappa shape index (κ3) is 3.24. The van der Waals surface area contributed by atoms with Crippen LogP contribution in [0, 0.1) is 5.82 Å². The van der Waals surface area contributed by atoms with E-state index in [-0.39, 0.29) is 17.1 Å². The number of fused-ring (bicyclic) bond motifs is 1. The molecule has 1 unspecified atom stereocenters. The van der Waals surface area contributed by atoms with Gasteiger partial charge < -0.3 is 5.32 Å². The van der Waals surface area contributed by atoms with Gasteiger partial charge in [0.15, 0.2) is 0 Å². The Hall–Kier alpha value is -1.61. The Bertz CT molecular complexity index is 598. The average Bonchev–Trinajstić information content (AvgIpc) is 2.39. The van der Waals surface area contributed by atoms with Gasteiger partial charge in [-0.2, -0.15) is 0 Å². The van der Waals surface area contributed by atoms with Crippen LogP contribution in [0.5, 0.6) is 0 Å². The van der Waals surface area contributed by atoms with Gasteiger partial charge >= 0.3 is 0 Å². The first kappa shape index (κ1) is 13.8. The van der Waals surface area contributed by atoms with Crippen molar-refractivity contribution in [3.8, 4) is 0 Å². The standard InChI is InChI=1S/C15H15ClFNO/c1-10(16)8-9-18-15(19)13-6-7-14(17)12-5-3-2-4-11(12)13/h2-7,10H,8-9H2,1H3,(H,18,19). The Morgan fingerprint density at radius 3 is 2.63 bits per heavy atom.